The SMILES string of the molecule is C.C.C.C.C.C.CC(C)C1CCCN(C(C)C)C1.CC(C)C1CCN(C(C)C)CC1. The van der Waals surface area contributed by atoms with Crippen molar-refractivity contribution in [2.45, 2.75) is 138 Å². The minimum absolute atomic E-state index is 0. The molecule has 0 aromatic heterocycles. The molecule has 0 saturated carbocycles. The fourth-order valence-corrected chi connectivity index (χ4v) is 4.16. The predicted octanol–water partition coefficient (Wildman–Crippen LogP) is 9.34. The first-order valence-electron chi connectivity index (χ1n) is 10.7. The second-order valence-electron chi connectivity index (χ2n) is 9.45. The molecule has 2 fully saturated rings. The second kappa shape index (κ2) is 22.1. The molecule has 2 heteroatoms. The van der Waals surface area contributed by atoms with E-state index in [1.165, 1.54) is 51.9 Å². The smallest absolute Gasteiger partial charge is 0.00387 e. The number of hydrogen-bond acceptors (Lipinski definition) is 2. The van der Waals surface area contributed by atoms with Crippen LogP contribution in [0.3, 0.4) is 0 Å². The van der Waals surface area contributed by atoms with Gasteiger partial charge in [0.1, 0.15) is 0 Å². The molecular weight excluding hydrogens is 364 g/mol. The maximum Gasteiger partial charge on any atom is 0.00387 e. The molecule has 2 aliphatic rings. The van der Waals surface area contributed by atoms with Crippen LogP contribution in [0.1, 0.15) is 126 Å². The third kappa shape index (κ3) is 15.7. The summed E-state index contributed by atoms with van der Waals surface area (Å²) in [6.45, 7) is 23.9. The molecule has 1 atom stereocenters. The Morgan fingerprint density at radius 2 is 0.900 bits per heavy atom. The highest BCUT2D eigenvalue weighted by Crippen LogP contribution is 2.25. The van der Waals surface area contributed by atoms with Crippen molar-refractivity contribution in [3.8, 4) is 0 Å². The summed E-state index contributed by atoms with van der Waals surface area (Å²) in [7, 11) is 0. The fourth-order valence-electron chi connectivity index (χ4n) is 4.16. The summed E-state index contributed by atoms with van der Waals surface area (Å²) in [5, 5.41) is 0. The van der Waals surface area contributed by atoms with Gasteiger partial charge in [-0.25, -0.2) is 0 Å². The zero-order chi connectivity index (χ0) is 18.3. The van der Waals surface area contributed by atoms with E-state index in [2.05, 4.69) is 65.2 Å². The monoisotopic (exact) mass is 435 g/mol. The highest BCUT2D eigenvalue weighted by molar-refractivity contribution is 4.77. The van der Waals surface area contributed by atoms with Gasteiger partial charge in [-0.15, -0.1) is 0 Å². The summed E-state index contributed by atoms with van der Waals surface area (Å²) in [6.07, 6.45) is 5.67. The van der Waals surface area contributed by atoms with E-state index in [4.69, 9.17) is 0 Å². The van der Waals surface area contributed by atoms with E-state index in [9.17, 15) is 0 Å². The molecule has 2 rings (SSSR count). The summed E-state index contributed by atoms with van der Waals surface area (Å²) >= 11 is 0. The zero-order valence-corrected chi connectivity index (χ0v) is 18.0. The Hall–Kier alpha value is -0.0800. The third-order valence-electron chi connectivity index (χ3n) is 6.41. The summed E-state index contributed by atoms with van der Waals surface area (Å²) in [4.78, 5) is 5.22. The molecule has 0 aromatic rings. The van der Waals surface area contributed by atoms with Crippen molar-refractivity contribution in [3.05, 3.63) is 0 Å². The maximum absolute atomic E-state index is 2.62. The zero-order valence-electron chi connectivity index (χ0n) is 18.0. The summed E-state index contributed by atoms with van der Waals surface area (Å²) in [5.74, 6) is 3.69. The van der Waals surface area contributed by atoms with Crippen molar-refractivity contribution in [3.63, 3.8) is 0 Å². The molecule has 2 nitrogen and oxygen atoms in total. The van der Waals surface area contributed by atoms with E-state index in [1.807, 2.05) is 0 Å². The van der Waals surface area contributed by atoms with Gasteiger partial charge in [-0.2, -0.15) is 0 Å². The molecule has 0 aliphatic carbocycles. The maximum atomic E-state index is 2.62. The van der Waals surface area contributed by atoms with Crippen LogP contribution < -0.4 is 0 Å². The van der Waals surface area contributed by atoms with Crippen LogP contribution >= 0.6 is 0 Å². The first kappa shape index (κ1) is 43.7. The van der Waals surface area contributed by atoms with Crippen LogP contribution in [0.4, 0.5) is 0 Å². The first-order valence-corrected chi connectivity index (χ1v) is 10.7. The van der Waals surface area contributed by atoms with Crippen LogP contribution in [-0.2, 0) is 0 Å². The largest absolute Gasteiger partial charge is 0.301 e. The molecule has 0 bridgehead atoms. The van der Waals surface area contributed by atoms with Gasteiger partial charge in [0.15, 0.2) is 0 Å². The Balaban J connectivity index is -0.0000000800. The van der Waals surface area contributed by atoms with Gasteiger partial charge in [0.25, 0.3) is 0 Å². The summed E-state index contributed by atoms with van der Waals surface area (Å²) < 4.78 is 0. The lowest BCUT2D eigenvalue weighted by Crippen LogP contribution is -2.41. The van der Waals surface area contributed by atoms with E-state index in [-0.39, 0.29) is 44.6 Å². The van der Waals surface area contributed by atoms with Gasteiger partial charge in [0.05, 0.1) is 0 Å². The van der Waals surface area contributed by atoms with E-state index >= 15 is 0 Å². The number of piperidine rings is 2. The summed E-state index contributed by atoms with van der Waals surface area (Å²) in [5.41, 5.74) is 0. The van der Waals surface area contributed by atoms with Gasteiger partial charge in [-0.05, 0) is 96.7 Å². The minimum Gasteiger partial charge on any atom is -0.301 e. The van der Waals surface area contributed by atoms with Crippen LogP contribution in [0, 0.1) is 23.7 Å². The Morgan fingerprint density at radius 1 is 0.500 bits per heavy atom. The molecule has 192 valence electrons. The molecule has 30 heavy (non-hydrogen) atoms. The molecule has 2 heterocycles. The fraction of sp³-hybridized carbons (Fsp3) is 1.00. The van der Waals surface area contributed by atoms with E-state index in [0.717, 1.165) is 35.8 Å². The Labute approximate surface area is 197 Å². The molecule has 2 saturated heterocycles. The lowest BCUT2D eigenvalue weighted by molar-refractivity contribution is 0.117. The lowest BCUT2D eigenvalue weighted by Gasteiger charge is -2.37. The predicted molar refractivity (Wildman–Crippen MR) is 149 cm³/mol. The third-order valence-corrected chi connectivity index (χ3v) is 6.41. The Morgan fingerprint density at radius 3 is 1.23 bits per heavy atom. The first-order chi connectivity index (χ1) is 11.2. The number of likely N-dealkylation sites (tertiary alicyclic amines) is 2. The topological polar surface area (TPSA) is 6.48 Å². The number of hydrogen-bond donors (Lipinski definition) is 0. The van der Waals surface area contributed by atoms with Gasteiger partial charge in [-0.1, -0.05) is 72.3 Å². The minimum atomic E-state index is 0. The van der Waals surface area contributed by atoms with Crippen LogP contribution in [0.25, 0.3) is 0 Å². The molecule has 0 spiro atoms. The van der Waals surface area contributed by atoms with E-state index < -0.39 is 0 Å². The Kier molecular flexibility index (Phi) is 32.3. The van der Waals surface area contributed by atoms with Gasteiger partial charge in [0.2, 0.25) is 0 Å². The molecule has 0 amide bonds. The van der Waals surface area contributed by atoms with Crippen LogP contribution in [-0.4, -0.2) is 48.1 Å². The molecule has 0 radical (unpaired) electrons. The standard InChI is InChI=1S/2C11H23N.6CH4/c1-9(2)11-5-7-12(8-6-11)10(3)4;1-9(2)11-6-5-7-12(8-11)10(3)4;;;;;;/h2*9-11H,5-8H2,1-4H3;6*1H4. The summed E-state index contributed by atoms with van der Waals surface area (Å²) in [6, 6.07) is 1.49. The molecule has 0 N–H and O–H groups in total. The van der Waals surface area contributed by atoms with Crippen molar-refractivity contribution in [2.75, 3.05) is 26.2 Å². The van der Waals surface area contributed by atoms with Crippen LogP contribution in [0.2, 0.25) is 0 Å². The van der Waals surface area contributed by atoms with Crippen molar-refractivity contribution < 1.29 is 0 Å². The molecule has 1 unspecified atom stereocenters. The molecule has 2 aliphatic heterocycles. The number of rotatable bonds is 4. The quantitative estimate of drug-likeness (QED) is 0.434. The number of nitrogens with zero attached hydrogens (tertiary/aromatic N) is 2. The molecular formula is C28H70N2. The van der Waals surface area contributed by atoms with Crippen molar-refractivity contribution in [1.82, 2.24) is 9.80 Å². The van der Waals surface area contributed by atoms with E-state index in [1.54, 1.807) is 0 Å². The van der Waals surface area contributed by atoms with Crippen molar-refractivity contribution in [2.24, 2.45) is 23.7 Å². The van der Waals surface area contributed by atoms with Crippen LogP contribution in [0.15, 0.2) is 0 Å². The normalized spacial score (nSPS) is 19.8. The molecule has 0 aromatic carbocycles. The highest BCUT2D eigenvalue weighted by Gasteiger charge is 2.23. The van der Waals surface area contributed by atoms with Gasteiger partial charge >= 0.3 is 0 Å². The van der Waals surface area contributed by atoms with Crippen LogP contribution in [0.5, 0.6) is 0 Å². The van der Waals surface area contributed by atoms with Gasteiger partial charge in [-0.3, -0.25) is 0 Å². The van der Waals surface area contributed by atoms with Crippen molar-refractivity contribution in [1.29, 1.82) is 0 Å². The second-order valence-corrected chi connectivity index (χ2v) is 9.45. The van der Waals surface area contributed by atoms with Gasteiger partial charge in [0, 0.05) is 18.6 Å². The Bertz CT molecular complexity index is 285. The highest BCUT2D eigenvalue weighted by atomic mass is 15.2. The van der Waals surface area contributed by atoms with Crippen molar-refractivity contribution >= 4 is 0 Å². The lowest BCUT2D eigenvalue weighted by atomic mass is 9.86. The average Bonchev–Trinajstić information content (AvgIpc) is 2.55. The van der Waals surface area contributed by atoms with Gasteiger partial charge < -0.3 is 9.80 Å². The van der Waals surface area contributed by atoms with E-state index in [0.29, 0.717) is 0 Å². The average molecular weight is 435 g/mol.